The molecular formula is C21H32N4O8. The summed E-state index contributed by atoms with van der Waals surface area (Å²) >= 11 is 0. The lowest BCUT2D eigenvalue weighted by Crippen LogP contribution is -2.60. The molecule has 12 heteroatoms. The number of rotatable bonds is 12. The molecular weight excluding hydrogens is 436 g/mol. The Kier molecular flexibility index (Phi) is 10.7. The number of aromatic hydroxyl groups is 1. The van der Waals surface area contributed by atoms with Gasteiger partial charge in [0.15, 0.2) is 0 Å². The molecule has 0 fully saturated rings. The highest BCUT2D eigenvalue weighted by Crippen LogP contribution is 2.12. The Labute approximate surface area is 191 Å². The van der Waals surface area contributed by atoms with E-state index >= 15 is 0 Å². The summed E-state index contributed by atoms with van der Waals surface area (Å²) in [6.07, 6.45) is -1.25. The van der Waals surface area contributed by atoms with E-state index in [1.54, 1.807) is 13.8 Å². The molecule has 0 aliphatic heterocycles. The van der Waals surface area contributed by atoms with Crippen LogP contribution in [-0.4, -0.2) is 81.0 Å². The van der Waals surface area contributed by atoms with E-state index in [-0.39, 0.29) is 12.2 Å². The fraction of sp³-hybridized carbons (Fsp3) is 0.524. The largest absolute Gasteiger partial charge is 0.508 e. The van der Waals surface area contributed by atoms with Gasteiger partial charge < -0.3 is 42.1 Å². The number of carboxylic acids is 1. The van der Waals surface area contributed by atoms with Crippen molar-refractivity contribution in [1.82, 2.24) is 16.0 Å². The second-order valence-corrected chi connectivity index (χ2v) is 8.01. The fourth-order valence-electron chi connectivity index (χ4n) is 2.80. The Bertz CT molecular complexity index is 828. The van der Waals surface area contributed by atoms with Crippen LogP contribution in [0.2, 0.25) is 0 Å². The van der Waals surface area contributed by atoms with Gasteiger partial charge in [0.25, 0.3) is 0 Å². The summed E-state index contributed by atoms with van der Waals surface area (Å²) in [6, 6.07) is 0.570. The predicted octanol–water partition coefficient (Wildman–Crippen LogP) is -2.17. The standard InChI is InChI=1S/C21H32N4O8/c1-10(2)17(25-18(29)15(9-26)24-19(30)16(22)11(3)27)20(31)23-14(21(32)33)8-12-4-6-13(28)7-5-12/h4-7,10-11,14-17,26-28H,8-9,22H2,1-3H3,(H,23,31)(H,24,30)(H,25,29)(H,32,33). The zero-order chi connectivity index (χ0) is 25.3. The summed E-state index contributed by atoms with van der Waals surface area (Å²) in [6.45, 7) is 3.73. The van der Waals surface area contributed by atoms with Crippen molar-refractivity contribution in [2.75, 3.05) is 6.61 Å². The lowest BCUT2D eigenvalue weighted by Gasteiger charge is -2.26. The maximum Gasteiger partial charge on any atom is 0.326 e. The van der Waals surface area contributed by atoms with Gasteiger partial charge in [0.1, 0.15) is 29.9 Å². The van der Waals surface area contributed by atoms with Gasteiger partial charge in [0.05, 0.1) is 12.7 Å². The fourth-order valence-corrected chi connectivity index (χ4v) is 2.80. The number of carbonyl (C=O) groups is 4. The maximum atomic E-state index is 12.8. The molecule has 184 valence electrons. The van der Waals surface area contributed by atoms with E-state index in [2.05, 4.69) is 16.0 Å². The van der Waals surface area contributed by atoms with Crippen molar-refractivity contribution in [2.24, 2.45) is 11.7 Å². The van der Waals surface area contributed by atoms with Gasteiger partial charge in [-0.05, 0) is 30.5 Å². The first-order chi connectivity index (χ1) is 15.4. The highest BCUT2D eigenvalue weighted by Gasteiger charge is 2.32. The maximum absolute atomic E-state index is 12.8. The predicted molar refractivity (Wildman–Crippen MR) is 117 cm³/mol. The molecule has 0 aliphatic rings. The second kappa shape index (κ2) is 12.7. The van der Waals surface area contributed by atoms with Crippen molar-refractivity contribution in [2.45, 2.75) is 57.5 Å². The number of nitrogens with two attached hydrogens (primary N) is 1. The van der Waals surface area contributed by atoms with Gasteiger partial charge in [-0.25, -0.2) is 4.79 Å². The van der Waals surface area contributed by atoms with Crippen molar-refractivity contribution in [1.29, 1.82) is 0 Å². The number of hydrogen-bond donors (Lipinski definition) is 8. The van der Waals surface area contributed by atoms with Crippen LogP contribution in [0.5, 0.6) is 5.75 Å². The van der Waals surface area contributed by atoms with Crippen LogP contribution in [0, 0.1) is 5.92 Å². The number of carboxylic acid groups (broad SMARTS) is 1. The Morgan fingerprint density at radius 2 is 1.45 bits per heavy atom. The van der Waals surface area contributed by atoms with E-state index in [9.17, 15) is 39.6 Å². The number of phenolic OH excluding ortho intramolecular Hbond substituents is 1. The number of nitrogens with one attached hydrogen (secondary N) is 3. The zero-order valence-electron chi connectivity index (χ0n) is 18.7. The Morgan fingerprint density at radius 1 is 0.909 bits per heavy atom. The third kappa shape index (κ3) is 8.67. The van der Waals surface area contributed by atoms with Crippen LogP contribution in [0.4, 0.5) is 0 Å². The number of aliphatic hydroxyl groups excluding tert-OH is 2. The number of phenols is 1. The van der Waals surface area contributed by atoms with Gasteiger partial charge in [0.2, 0.25) is 17.7 Å². The zero-order valence-corrected chi connectivity index (χ0v) is 18.7. The molecule has 5 atom stereocenters. The summed E-state index contributed by atoms with van der Waals surface area (Å²) in [4.78, 5) is 49.0. The normalized spacial score (nSPS) is 15.6. The molecule has 1 aromatic rings. The average molecular weight is 469 g/mol. The minimum Gasteiger partial charge on any atom is -0.508 e. The molecule has 3 amide bonds. The van der Waals surface area contributed by atoms with Crippen molar-refractivity contribution in [3.63, 3.8) is 0 Å². The highest BCUT2D eigenvalue weighted by molar-refractivity contribution is 5.94. The molecule has 0 spiro atoms. The summed E-state index contributed by atoms with van der Waals surface area (Å²) < 4.78 is 0. The minimum absolute atomic E-state index is 0.0113. The van der Waals surface area contributed by atoms with Gasteiger partial charge in [-0.2, -0.15) is 0 Å². The first kappa shape index (κ1) is 27.8. The van der Waals surface area contributed by atoms with Gasteiger partial charge in [-0.3, -0.25) is 14.4 Å². The van der Waals surface area contributed by atoms with Crippen LogP contribution in [0.15, 0.2) is 24.3 Å². The van der Waals surface area contributed by atoms with E-state index in [0.717, 1.165) is 0 Å². The molecule has 0 heterocycles. The molecule has 5 unspecified atom stereocenters. The molecule has 12 nitrogen and oxygen atoms in total. The number of carbonyl (C=O) groups excluding carboxylic acids is 3. The number of hydrogen-bond acceptors (Lipinski definition) is 8. The molecule has 0 saturated carbocycles. The second-order valence-electron chi connectivity index (χ2n) is 8.01. The number of aliphatic carboxylic acids is 1. The van der Waals surface area contributed by atoms with Gasteiger partial charge >= 0.3 is 5.97 Å². The SMILES string of the molecule is CC(C)C(NC(=O)C(CO)NC(=O)C(N)C(C)O)C(=O)NC(Cc1ccc(O)cc1)C(=O)O. The number of aliphatic hydroxyl groups is 2. The van der Waals surface area contributed by atoms with Crippen LogP contribution in [0.3, 0.4) is 0 Å². The highest BCUT2D eigenvalue weighted by atomic mass is 16.4. The summed E-state index contributed by atoms with van der Waals surface area (Å²) in [5.74, 6) is -4.28. The first-order valence-corrected chi connectivity index (χ1v) is 10.3. The van der Waals surface area contributed by atoms with E-state index in [4.69, 9.17) is 5.73 Å². The van der Waals surface area contributed by atoms with E-state index in [1.165, 1.54) is 31.2 Å². The summed E-state index contributed by atoms with van der Waals surface area (Å²) in [7, 11) is 0. The molecule has 0 saturated heterocycles. The van der Waals surface area contributed by atoms with E-state index in [1.807, 2.05) is 0 Å². The molecule has 33 heavy (non-hydrogen) atoms. The third-order valence-corrected chi connectivity index (χ3v) is 4.88. The third-order valence-electron chi connectivity index (χ3n) is 4.88. The molecule has 1 aromatic carbocycles. The quantitative estimate of drug-likeness (QED) is 0.167. The lowest BCUT2D eigenvalue weighted by molar-refractivity contribution is -0.142. The van der Waals surface area contributed by atoms with Crippen molar-refractivity contribution in [3.8, 4) is 5.75 Å². The van der Waals surface area contributed by atoms with Crippen molar-refractivity contribution < 1.29 is 39.6 Å². The van der Waals surface area contributed by atoms with Gasteiger partial charge in [-0.15, -0.1) is 0 Å². The van der Waals surface area contributed by atoms with Crippen LogP contribution in [-0.2, 0) is 25.6 Å². The average Bonchev–Trinajstić information content (AvgIpc) is 2.75. The van der Waals surface area contributed by atoms with E-state index < -0.39 is 66.5 Å². The molecule has 1 rings (SSSR count). The van der Waals surface area contributed by atoms with Gasteiger partial charge in [-0.1, -0.05) is 26.0 Å². The Balaban J connectivity index is 2.88. The van der Waals surface area contributed by atoms with Crippen LogP contribution >= 0.6 is 0 Å². The molecule has 9 N–H and O–H groups in total. The number of amides is 3. The Hall–Kier alpha value is -3.22. The smallest absolute Gasteiger partial charge is 0.326 e. The lowest BCUT2D eigenvalue weighted by atomic mass is 10.0. The Morgan fingerprint density at radius 3 is 1.91 bits per heavy atom. The minimum atomic E-state index is -1.44. The van der Waals surface area contributed by atoms with Crippen LogP contribution < -0.4 is 21.7 Å². The monoisotopic (exact) mass is 468 g/mol. The molecule has 0 aliphatic carbocycles. The summed E-state index contributed by atoms with van der Waals surface area (Å²) in [5.41, 5.74) is 6.07. The topological polar surface area (TPSA) is 211 Å². The first-order valence-electron chi connectivity index (χ1n) is 10.3. The van der Waals surface area contributed by atoms with Gasteiger partial charge in [0, 0.05) is 6.42 Å². The van der Waals surface area contributed by atoms with Crippen LogP contribution in [0.25, 0.3) is 0 Å². The van der Waals surface area contributed by atoms with Crippen molar-refractivity contribution >= 4 is 23.7 Å². The van der Waals surface area contributed by atoms with Crippen molar-refractivity contribution in [3.05, 3.63) is 29.8 Å². The molecule has 0 radical (unpaired) electrons. The molecule has 0 aromatic heterocycles. The molecule has 0 bridgehead atoms. The summed E-state index contributed by atoms with van der Waals surface area (Å²) in [5, 5.41) is 44.7. The van der Waals surface area contributed by atoms with E-state index in [0.29, 0.717) is 5.56 Å². The number of benzene rings is 1. The van der Waals surface area contributed by atoms with Crippen LogP contribution in [0.1, 0.15) is 26.3 Å².